The van der Waals surface area contributed by atoms with Crippen LogP contribution in [0.4, 0.5) is 4.79 Å². The average molecular weight is 281 g/mol. The molecule has 3 amide bonds. The molecule has 0 aromatic carbocycles. The average Bonchev–Trinajstić information content (AvgIpc) is 2.80. The van der Waals surface area contributed by atoms with Crippen molar-refractivity contribution in [3.8, 4) is 0 Å². The lowest BCUT2D eigenvalue weighted by molar-refractivity contribution is -0.127. The Kier molecular flexibility index (Phi) is 3.62. The van der Waals surface area contributed by atoms with Crippen molar-refractivity contribution in [3.63, 3.8) is 0 Å². The quantitative estimate of drug-likeness (QED) is 0.862. The van der Waals surface area contributed by atoms with Crippen LogP contribution in [0.15, 0.2) is 0 Å². The zero-order valence-electron chi connectivity index (χ0n) is 11.7. The molecule has 0 aliphatic carbocycles. The van der Waals surface area contributed by atoms with E-state index in [4.69, 9.17) is 0 Å². The first-order valence-electron chi connectivity index (χ1n) is 6.50. The standard InChI is InChI=1S/C13H19N3O2S/c1-5-13(6-2)11(17)15-12(18)16(13)7-10-14-8(3)9(4)19-10/h5-7H2,1-4H3,(H,15,17,18). The number of aromatic nitrogens is 1. The largest absolute Gasteiger partial charge is 0.325 e. The molecule has 19 heavy (non-hydrogen) atoms. The summed E-state index contributed by atoms with van der Waals surface area (Å²) in [7, 11) is 0. The topological polar surface area (TPSA) is 62.3 Å². The van der Waals surface area contributed by atoms with E-state index in [0.29, 0.717) is 19.4 Å². The van der Waals surface area contributed by atoms with Crippen molar-refractivity contribution in [2.24, 2.45) is 0 Å². The molecule has 0 unspecified atom stereocenters. The summed E-state index contributed by atoms with van der Waals surface area (Å²) in [4.78, 5) is 31.3. The molecule has 0 spiro atoms. The van der Waals surface area contributed by atoms with Crippen LogP contribution in [0.25, 0.3) is 0 Å². The summed E-state index contributed by atoms with van der Waals surface area (Å²) >= 11 is 1.58. The van der Waals surface area contributed by atoms with Gasteiger partial charge in [-0.1, -0.05) is 13.8 Å². The van der Waals surface area contributed by atoms with Gasteiger partial charge in [-0.3, -0.25) is 10.1 Å². The highest BCUT2D eigenvalue weighted by atomic mass is 32.1. The number of rotatable bonds is 4. The number of thiazole rings is 1. The lowest BCUT2D eigenvalue weighted by Gasteiger charge is -2.32. The number of imide groups is 1. The van der Waals surface area contributed by atoms with Gasteiger partial charge in [0.25, 0.3) is 5.91 Å². The van der Waals surface area contributed by atoms with E-state index in [1.807, 2.05) is 27.7 Å². The monoisotopic (exact) mass is 281 g/mol. The van der Waals surface area contributed by atoms with Crippen molar-refractivity contribution in [1.82, 2.24) is 15.2 Å². The predicted molar refractivity (Wildman–Crippen MR) is 74.0 cm³/mol. The van der Waals surface area contributed by atoms with Crippen LogP contribution >= 0.6 is 11.3 Å². The number of carbonyl (C=O) groups is 2. The van der Waals surface area contributed by atoms with Gasteiger partial charge in [0, 0.05) is 4.88 Å². The molecule has 1 aliphatic heterocycles. The van der Waals surface area contributed by atoms with Crippen LogP contribution in [0.5, 0.6) is 0 Å². The van der Waals surface area contributed by atoms with Gasteiger partial charge in [-0.25, -0.2) is 9.78 Å². The minimum atomic E-state index is -0.718. The van der Waals surface area contributed by atoms with Crippen molar-refractivity contribution >= 4 is 23.3 Å². The molecule has 1 aromatic heterocycles. The van der Waals surface area contributed by atoms with E-state index in [9.17, 15) is 9.59 Å². The highest BCUT2D eigenvalue weighted by Gasteiger charge is 2.50. The van der Waals surface area contributed by atoms with Gasteiger partial charge >= 0.3 is 6.03 Å². The Hall–Kier alpha value is -1.43. The molecule has 1 fully saturated rings. The summed E-state index contributed by atoms with van der Waals surface area (Å²) in [5.74, 6) is -0.187. The molecule has 2 heterocycles. The Morgan fingerprint density at radius 1 is 1.26 bits per heavy atom. The molecular weight excluding hydrogens is 262 g/mol. The van der Waals surface area contributed by atoms with Gasteiger partial charge in [0.2, 0.25) is 0 Å². The molecule has 6 heteroatoms. The number of nitrogens with one attached hydrogen (secondary N) is 1. The number of amides is 3. The molecule has 0 radical (unpaired) electrons. The smallest absolute Gasteiger partial charge is 0.303 e. The Morgan fingerprint density at radius 2 is 1.89 bits per heavy atom. The summed E-state index contributed by atoms with van der Waals surface area (Å²) in [5, 5.41) is 3.31. The van der Waals surface area contributed by atoms with Gasteiger partial charge in [0.15, 0.2) is 0 Å². The van der Waals surface area contributed by atoms with E-state index in [2.05, 4.69) is 10.3 Å². The van der Waals surface area contributed by atoms with E-state index >= 15 is 0 Å². The minimum Gasteiger partial charge on any atom is -0.303 e. The molecule has 2 rings (SSSR count). The number of hydrogen-bond donors (Lipinski definition) is 1. The third kappa shape index (κ3) is 2.14. The van der Waals surface area contributed by atoms with Gasteiger partial charge in [-0.15, -0.1) is 11.3 Å². The van der Waals surface area contributed by atoms with Crippen LogP contribution in [0.2, 0.25) is 0 Å². The Labute approximate surface area is 117 Å². The highest BCUT2D eigenvalue weighted by molar-refractivity contribution is 7.11. The Balaban J connectivity index is 2.31. The number of nitrogens with zero attached hydrogens (tertiary/aromatic N) is 2. The summed E-state index contributed by atoms with van der Waals surface area (Å²) < 4.78 is 0. The van der Waals surface area contributed by atoms with Crippen molar-refractivity contribution in [1.29, 1.82) is 0 Å². The van der Waals surface area contributed by atoms with Gasteiger partial charge in [0.05, 0.1) is 12.2 Å². The van der Waals surface area contributed by atoms with E-state index < -0.39 is 5.54 Å². The van der Waals surface area contributed by atoms with Crippen LogP contribution in [0.3, 0.4) is 0 Å². The molecule has 0 saturated carbocycles. The molecule has 5 nitrogen and oxygen atoms in total. The number of urea groups is 1. The van der Waals surface area contributed by atoms with Crippen LogP contribution in [0, 0.1) is 13.8 Å². The maximum absolute atomic E-state index is 12.1. The molecular formula is C13H19N3O2S. The van der Waals surface area contributed by atoms with Gasteiger partial charge in [-0.05, 0) is 26.7 Å². The fraction of sp³-hybridized carbons (Fsp3) is 0.615. The molecule has 1 saturated heterocycles. The van der Waals surface area contributed by atoms with Crippen molar-refractivity contribution in [3.05, 3.63) is 15.6 Å². The third-order valence-corrected chi connectivity index (χ3v) is 5.00. The van der Waals surface area contributed by atoms with Crippen molar-refractivity contribution in [2.75, 3.05) is 0 Å². The second kappa shape index (κ2) is 4.92. The summed E-state index contributed by atoms with van der Waals surface area (Å²) in [5.41, 5.74) is 0.273. The molecule has 1 aromatic rings. The zero-order valence-corrected chi connectivity index (χ0v) is 12.6. The zero-order chi connectivity index (χ0) is 14.2. The first kappa shape index (κ1) is 14.0. The molecule has 0 atom stereocenters. The van der Waals surface area contributed by atoms with E-state index in [-0.39, 0.29) is 11.9 Å². The maximum atomic E-state index is 12.1. The Bertz CT molecular complexity index is 500. The predicted octanol–water partition coefficient (Wildman–Crippen LogP) is 2.37. The maximum Gasteiger partial charge on any atom is 0.325 e. The molecule has 104 valence electrons. The van der Waals surface area contributed by atoms with Crippen LogP contribution in [-0.4, -0.2) is 27.4 Å². The number of aryl methyl sites for hydroxylation is 2. The fourth-order valence-electron chi connectivity index (χ4n) is 2.52. The van der Waals surface area contributed by atoms with Gasteiger partial charge in [-0.2, -0.15) is 0 Å². The normalized spacial score (nSPS) is 18.0. The third-order valence-electron chi connectivity index (χ3n) is 3.94. The molecule has 1 N–H and O–H groups in total. The first-order chi connectivity index (χ1) is 8.94. The second-order valence-corrected chi connectivity index (χ2v) is 6.12. The molecule has 0 bridgehead atoms. The summed E-state index contributed by atoms with van der Waals surface area (Å²) in [6.07, 6.45) is 1.23. The lowest BCUT2D eigenvalue weighted by atomic mass is 9.91. The van der Waals surface area contributed by atoms with Gasteiger partial charge in [0.1, 0.15) is 10.5 Å². The van der Waals surface area contributed by atoms with Crippen molar-refractivity contribution < 1.29 is 9.59 Å². The Morgan fingerprint density at radius 3 is 2.37 bits per heavy atom. The van der Waals surface area contributed by atoms with Crippen molar-refractivity contribution in [2.45, 2.75) is 52.6 Å². The number of carbonyl (C=O) groups excluding carboxylic acids is 2. The van der Waals surface area contributed by atoms with Gasteiger partial charge < -0.3 is 4.90 Å². The van der Waals surface area contributed by atoms with Crippen LogP contribution < -0.4 is 5.32 Å². The van der Waals surface area contributed by atoms with Crippen LogP contribution in [-0.2, 0) is 11.3 Å². The minimum absolute atomic E-state index is 0.187. The number of hydrogen-bond acceptors (Lipinski definition) is 4. The second-order valence-electron chi connectivity index (χ2n) is 4.83. The van der Waals surface area contributed by atoms with E-state index in [1.54, 1.807) is 16.2 Å². The molecule has 1 aliphatic rings. The summed E-state index contributed by atoms with van der Waals surface area (Å²) in [6, 6.07) is -0.306. The highest BCUT2D eigenvalue weighted by Crippen LogP contribution is 2.31. The summed E-state index contributed by atoms with van der Waals surface area (Å²) in [6.45, 7) is 8.24. The lowest BCUT2D eigenvalue weighted by Crippen LogP contribution is -2.48. The first-order valence-corrected chi connectivity index (χ1v) is 7.32. The van der Waals surface area contributed by atoms with Crippen LogP contribution in [0.1, 0.15) is 42.3 Å². The fourth-order valence-corrected chi connectivity index (χ4v) is 3.44. The SMILES string of the molecule is CCC1(CC)C(=O)NC(=O)N1Cc1nc(C)c(C)s1. The van der Waals surface area contributed by atoms with E-state index in [0.717, 1.165) is 15.6 Å². The van der Waals surface area contributed by atoms with E-state index in [1.165, 1.54) is 0 Å².